The van der Waals surface area contributed by atoms with Crippen LogP contribution in [0, 0.1) is 12.7 Å². The molecule has 0 aliphatic carbocycles. The Morgan fingerprint density at radius 2 is 1.58 bits per heavy atom. The van der Waals surface area contributed by atoms with E-state index < -0.39 is 0 Å². The van der Waals surface area contributed by atoms with Crippen LogP contribution in [0.3, 0.4) is 0 Å². The lowest BCUT2D eigenvalue weighted by Gasteiger charge is -2.15. The molecule has 4 aromatic rings. The van der Waals surface area contributed by atoms with Crippen molar-refractivity contribution in [2.24, 2.45) is 0 Å². The van der Waals surface area contributed by atoms with E-state index in [1.54, 1.807) is 0 Å². The van der Waals surface area contributed by atoms with Crippen LogP contribution in [0.1, 0.15) is 5.69 Å². The second kappa shape index (κ2) is 5.81. The summed E-state index contributed by atoms with van der Waals surface area (Å²) < 4.78 is 15.4. The average molecular weight is 336 g/mol. The number of hydrogen-bond acceptors (Lipinski definition) is 0. The summed E-state index contributed by atoms with van der Waals surface area (Å²) >= 11 is 6.42. The summed E-state index contributed by atoms with van der Waals surface area (Å²) in [5.41, 5.74) is 6.32. The van der Waals surface area contributed by atoms with Crippen molar-refractivity contribution >= 4 is 17.1 Å². The third-order valence-electron chi connectivity index (χ3n) is 4.38. The Bertz CT molecular complexity index is 1030. The number of rotatable bonds is 2. The third kappa shape index (κ3) is 2.40. The highest BCUT2D eigenvalue weighted by molar-refractivity contribution is 6.33. The highest BCUT2D eigenvalue weighted by atomic mass is 35.5. The van der Waals surface area contributed by atoms with Crippen molar-refractivity contribution < 1.29 is 4.39 Å². The fraction of sp³-hybridized carbons (Fsp3) is 0.0476. The summed E-state index contributed by atoms with van der Waals surface area (Å²) in [4.78, 5) is 0. The molecule has 0 saturated heterocycles. The van der Waals surface area contributed by atoms with Crippen molar-refractivity contribution in [2.75, 3.05) is 0 Å². The number of fused-ring (bicyclic) bond motifs is 1. The fourth-order valence-corrected chi connectivity index (χ4v) is 3.40. The van der Waals surface area contributed by atoms with Gasteiger partial charge in [-0.3, -0.25) is 0 Å². The van der Waals surface area contributed by atoms with Gasteiger partial charge >= 0.3 is 0 Å². The molecule has 0 radical (unpaired) electrons. The average Bonchev–Trinajstić information content (AvgIpc) is 3.07. The van der Waals surface area contributed by atoms with Crippen LogP contribution in [0.5, 0.6) is 0 Å². The van der Waals surface area contributed by atoms with Crippen molar-refractivity contribution in [2.45, 2.75) is 6.92 Å². The molecular formula is C21H15ClFN. The first-order chi connectivity index (χ1) is 11.6. The Labute approximate surface area is 144 Å². The van der Waals surface area contributed by atoms with Crippen molar-refractivity contribution in [3.8, 4) is 22.3 Å². The maximum atomic E-state index is 13.3. The SMILES string of the molecule is Cc1c(-c2ccccc2Cl)cc(-c2ccc(F)cc2)c2cccn12. The zero-order chi connectivity index (χ0) is 16.7. The summed E-state index contributed by atoms with van der Waals surface area (Å²) in [5, 5.41) is 0.720. The Kier molecular flexibility index (Phi) is 3.62. The maximum Gasteiger partial charge on any atom is 0.123 e. The van der Waals surface area contributed by atoms with Crippen LogP contribution in [0.25, 0.3) is 27.8 Å². The second-order valence-corrected chi connectivity index (χ2v) is 6.21. The molecule has 0 saturated carbocycles. The van der Waals surface area contributed by atoms with Gasteiger partial charge in [-0.15, -0.1) is 0 Å². The van der Waals surface area contributed by atoms with Crippen molar-refractivity contribution in [3.63, 3.8) is 0 Å². The Balaban J connectivity index is 2.04. The van der Waals surface area contributed by atoms with Crippen LogP contribution in [-0.4, -0.2) is 4.40 Å². The van der Waals surface area contributed by atoms with Crippen LogP contribution in [0.4, 0.5) is 4.39 Å². The van der Waals surface area contributed by atoms with Gasteiger partial charge < -0.3 is 4.40 Å². The summed E-state index contributed by atoms with van der Waals surface area (Å²) in [5.74, 6) is -0.233. The smallest absolute Gasteiger partial charge is 0.123 e. The largest absolute Gasteiger partial charge is 0.320 e. The zero-order valence-electron chi connectivity index (χ0n) is 13.1. The third-order valence-corrected chi connectivity index (χ3v) is 4.71. The van der Waals surface area contributed by atoms with E-state index in [1.165, 1.54) is 12.1 Å². The van der Waals surface area contributed by atoms with Gasteiger partial charge in [-0.25, -0.2) is 4.39 Å². The van der Waals surface area contributed by atoms with Gasteiger partial charge in [0, 0.05) is 33.6 Å². The molecule has 0 aliphatic rings. The molecule has 118 valence electrons. The van der Waals surface area contributed by atoms with Gasteiger partial charge in [-0.2, -0.15) is 0 Å². The lowest BCUT2D eigenvalue weighted by Crippen LogP contribution is -1.97. The molecule has 0 unspecified atom stereocenters. The van der Waals surface area contributed by atoms with Crippen molar-refractivity contribution in [3.05, 3.63) is 89.5 Å². The van der Waals surface area contributed by atoms with Crippen LogP contribution in [-0.2, 0) is 0 Å². The number of benzene rings is 2. The van der Waals surface area contributed by atoms with Gasteiger partial charge in [0.2, 0.25) is 0 Å². The van der Waals surface area contributed by atoms with Gasteiger partial charge in [0.15, 0.2) is 0 Å². The van der Waals surface area contributed by atoms with E-state index >= 15 is 0 Å². The number of aromatic nitrogens is 1. The number of aryl methyl sites for hydroxylation is 1. The highest BCUT2D eigenvalue weighted by Crippen LogP contribution is 2.36. The molecule has 2 aromatic carbocycles. The monoisotopic (exact) mass is 335 g/mol. The molecule has 4 rings (SSSR count). The van der Waals surface area contributed by atoms with E-state index in [1.807, 2.05) is 48.7 Å². The molecule has 24 heavy (non-hydrogen) atoms. The van der Waals surface area contributed by atoms with E-state index in [2.05, 4.69) is 23.5 Å². The zero-order valence-corrected chi connectivity index (χ0v) is 13.9. The minimum absolute atomic E-state index is 0.233. The minimum atomic E-state index is -0.233. The van der Waals surface area contributed by atoms with E-state index in [0.29, 0.717) is 0 Å². The quantitative estimate of drug-likeness (QED) is 0.400. The molecule has 0 atom stereocenters. The van der Waals surface area contributed by atoms with Gasteiger partial charge in [0.05, 0.1) is 5.52 Å². The summed E-state index contributed by atoms with van der Waals surface area (Å²) in [6.45, 7) is 2.08. The Hall–Kier alpha value is -2.58. The first-order valence-electron chi connectivity index (χ1n) is 7.76. The topological polar surface area (TPSA) is 4.41 Å². The number of hydrogen-bond donors (Lipinski definition) is 0. The van der Waals surface area contributed by atoms with Crippen LogP contribution < -0.4 is 0 Å². The summed E-state index contributed by atoms with van der Waals surface area (Å²) in [6, 6.07) is 20.7. The number of nitrogens with zero attached hydrogens (tertiary/aromatic N) is 1. The van der Waals surface area contributed by atoms with E-state index in [0.717, 1.165) is 38.5 Å². The molecule has 0 amide bonds. The molecule has 0 aliphatic heterocycles. The molecule has 0 N–H and O–H groups in total. The fourth-order valence-electron chi connectivity index (χ4n) is 3.16. The summed E-state index contributed by atoms with van der Waals surface area (Å²) in [7, 11) is 0. The Morgan fingerprint density at radius 3 is 2.33 bits per heavy atom. The molecule has 0 fully saturated rings. The Morgan fingerprint density at radius 1 is 0.833 bits per heavy atom. The van der Waals surface area contributed by atoms with Gasteiger partial charge in [0.25, 0.3) is 0 Å². The molecular weight excluding hydrogens is 321 g/mol. The first kappa shape index (κ1) is 15.0. The predicted molar refractivity (Wildman–Crippen MR) is 98.0 cm³/mol. The van der Waals surface area contributed by atoms with E-state index in [-0.39, 0.29) is 5.82 Å². The second-order valence-electron chi connectivity index (χ2n) is 5.81. The van der Waals surface area contributed by atoms with Gasteiger partial charge in [-0.1, -0.05) is 41.9 Å². The predicted octanol–water partition coefficient (Wildman–Crippen LogP) is 6.37. The molecule has 1 nitrogen and oxygen atoms in total. The first-order valence-corrected chi connectivity index (χ1v) is 8.14. The standard InChI is InChI=1S/C21H15ClFN/c1-14-18(17-5-2-3-6-20(17)22)13-19(21-7-4-12-24(14)21)15-8-10-16(23)11-9-15/h2-13H,1H3. The number of pyridine rings is 1. The molecule has 2 aromatic heterocycles. The van der Waals surface area contributed by atoms with Crippen LogP contribution >= 0.6 is 11.6 Å². The molecule has 0 spiro atoms. The normalized spacial score (nSPS) is 11.1. The minimum Gasteiger partial charge on any atom is -0.320 e. The molecule has 2 heterocycles. The van der Waals surface area contributed by atoms with Gasteiger partial charge in [-0.05, 0) is 48.9 Å². The number of halogens is 2. The van der Waals surface area contributed by atoms with Crippen molar-refractivity contribution in [1.29, 1.82) is 0 Å². The lowest BCUT2D eigenvalue weighted by atomic mass is 9.97. The highest BCUT2D eigenvalue weighted by Gasteiger charge is 2.13. The lowest BCUT2D eigenvalue weighted by molar-refractivity contribution is 0.628. The summed E-state index contributed by atoms with van der Waals surface area (Å²) in [6.07, 6.45) is 2.04. The van der Waals surface area contributed by atoms with Crippen molar-refractivity contribution in [1.82, 2.24) is 4.40 Å². The van der Waals surface area contributed by atoms with E-state index in [4.69, 9.17) is 11.6 Å². The molecule has 3 heteroatoms. The van der Waals surface area contributed by atoms with E-state index in [9.17, 15) is 4.39 Å². The van der Waals surface area contributed by atoms with Crippen LogP contribution in [0.15, 0.2) is 72.9 Å². The molecule has 0 bridgehead atoms. The van der Waals surface area contributed by atoms with Gasteiger partial charge in [0.1, 0.15) is 5.82 Å². The maximum absolute atomic E-state index is 13.3. The van der Waals surface area contributed by atoms with Crippen LogP contribution in [0.2, 0.25) is 5.02 Å².